The first kappa shape index (κ1) is 16.1. The Morgan fingerprint density at radius 1 is 1.04 bits per heavy atom. The summed E-state index contributed by atoms with van der Waals surface area (Å²) in [6, 6.07) is 16.0. The fourth-order valence-corrected chi connectivity index (χ4v) is 4.06. The third-order valence-corrected chi connectivity index (χ3v) is 5.51. The summed E-state index contributed by atoms with van der Waals surface area (Å²) in [6.45, 7) is 6.95. The first-order valence-electron chi connectivity index (χ1n) is 9.10. The molecule has 1 heterocycles. The molecule has 1 aliphatic heterocycles. The van der Waals surface area contributed by atoms with E-state index >= 15 is 0 Å². The van der Waals surface area contributed by atoms with Gasteiger partial charge in [-0.05, 0) is 60.1 Å². The average Bonchev–Trinajstić information content (AvgIpc) is 2.88. The molecule has 0 saturated heterocycles. The molecule has 3 heteroatoms. The van der Waals surface area contributed by atoms with Crippen LogP contribution in [0.5, 0.6) is 5.75 Å². The number of hydrogen-bond acceptors (Lipinski definition) is 3. The molecule has 25 heavy (non-hydrogen) atoms. The number of hydrazine groups is 1. The number of rotatable bonds is 2. The molecular formula is C22H26N2O. The molecule has 130 valence electrons. The van der Waals surface area contributed by atoms with Gasteiger partial charge in [0.15, 0.2) is 0 Å². The second kappa shape index (κ2) is 5.83. The van der Waals surface area contributed by atoms with Gasteiger partial charge in [0.2, 0.25) is 0 Å². The maximum absolute atomic E-state index is 9.99. The van der Waals surface area contributed by atoms with Crippen LogP contribution in [0.2, 0.25) is 0 Å². The maximum atomic E-state index is 9.99. The van der Waals surface area contributed by atoms with E-state index in [1.165, 1.54) is 17.7 Å². The van der Waals surface area contributed by atoms with Crippen molar-refractivity contribution in [2.45, 2.75) is 39.5 Å². The third-order valence-electron chi connectivity index (χ3n) is 5.51. The van der Waals surface area contributed by atoms with Crippen molar-refractivity contribution >= 4 is 11.4 Å². The number of hydrogen-bond donors (Lipinski definition) is 2. The zero-order valence-corrected chi connectivity index (χ0v) is 15.2. The van der Waals surface area contributed by atoms with E-state index in [0.717, 1.165) is 17.8 Å². The molecular weight excluding hydrogens is 308 g/mol. The van der Waals surface area contributed by atoms with Gasteiger partial charge in [-0.15, -0.1) is 0 Å². The quantitative estimate of drug-likeness (QED) is 0.743. The molecule has 0 fully saturated rings. The van der Waals surface area contributed by atoms with E-state index in [0.29, 0.717) is 17.6 Å². The van der Waals surface area contributed by atoms with E-state index < -0.39 is 0 Å². The first-order valence-corrected chi connectivity index (χ1v) is 9.10. The van der Waals surface area contributed by atoms with Crippen LogP contribution in [-0.2, 0) is 0 Å². The molecule has 0 spiro atoms. The number of para-hydroxylation sites is 1. The normalized spacial score (nSPS) is 22.2. The van der Waals surface area contributed by atoms with Gasteiger partial charge in [-0.2, -0.15) is 0 Å². The van der Waals surface area contributed by atoms with Gasteiger partial charge in [0.25, 0.3) is 0 Å². The lowest BCUT2D eigenvalue weighted by Crippen LogP contribution is -2.31. The predicted molar refractivity (Wildman–Crippen MR) is 104 cm³/mol. The van der Waals surface area contributed by atoms with E-state index in [1.54, 1.807) is 6.07 Å². The predicted octanol–water partition coefficient (Wildman–Crippen LogP) is 5.66. The van der Waals surface area contributed by atoms with Crippen molar-refractivity contribution in [2.24, 2.45) is 11.3 Å². The number of phenolic OH excluding ortho intramolecular Hbond substituents is 1. The second-order valence-corrected chi connectivity index (χ2v) is 8.25. The summed E-state index contributed by atoms with van der Waals surface area (Å²) < 4.78 is 0. The van der Waals surface area contributed by atoms with Gasteiger partial charge in [0, 0.05) is 11.6 Å². The van der Waals surface area contributed by atoms with Crippen molar-refractivity contribution in [1.82, 2.24) is 0 Å². The highest BCUT2D eigenvalue weighted by Gasteiger charge is 2.39. The Bertz CT molecular complexity index is 805. The summed E-state index contributed by atoms with van der Waals surface area (Å²) in [5, 5.41) is 12.2. The van der Waals surface area contributed by atoms with E-state index in [9.17, 15) is 5.11 Å². The lowest BCUT2D eigenvalue weighted by molar-refractivity contribution is 0.259. The van der Waals surface area contributed by atoms with Crippen molar-refractivity contribution in [2.75, 3.05) is 10.4 Å². The molecule has 2 aliphatic rings. The highest BCUT2D eigenvalue weighted by Crippen LogP contribution is 2.52. The maximum Gasteiger partial charge on any atom is 0.116 e. The Morgan fingerprint density at radius 2 is 1.80 bits per heavy atom. The van der Waals surface area contributed by atoms with Gasteiger partial charge in [0.05, 0.1) is 11.4 Å². The summed E-state index contributed by atoms with van der Waals surface area (Å²) in [5.41, 5.74) is 8.58. The number of allylic oxidation sites excluding steroid dienone is 2. The van der Waals surface area contributed by atoms with Crippen molar-refractivity contribution in [3.8, 4) is 5.75 Å². The third kappa shape index (κ3) is 2.88. The van der Waals surface area contributed by atoms with Gasteiger partial charge in [-0.3, -0.25) is 10.4 Å². The minimum absolute atomic E-state index is 0.257. The Kier molecular flexibility index (Phi) is 3.75. The van der Waals surface area contributed by atoms with Crippen LogP contribution < -0.4 is 10.4 Å². The van der Waals surface area contributed by atoms with E-state index in [4.69, 9.17) is 0 Å². The van der Waals surface area contributed by atoms with E-state index in [2.05, 4.69) is 49.4 Å². The molecule has 2 N–H and O–H groups in total. The number of anilines is 2. The molecule has 2 aromatic carbocycles. The highest BCUT2D eigenvalue weighted by atomic mass is 16.3. The lowest BCUT2D eigenvalue weighted by Gasteiger charge is -2.36. The van der Waals surface area contributed by atoms with Crippen LogP contribution in [-0.4, -0.2) is 5.11 Å². The molecule has 2 atom stereocenters. The van der Waals surface area contributed by atoms with Gasteiger partial charge >= 0.3 is 0 Å². The summed E-state index contributed by atoms with van der Waals surface area (Å²) in [5.74, 6) is 1.26. The standard InChI is InChI=1S/C22H26N2O/c1-22(2,3)15-9-11-18-19-14-17(25)10-12-20(19)24(21(18)13-15)23-16-7-5-4-6-8-16/h4-8,10,12-15,18,23,25H,9,11H2,1-3H3. The van der Waals surface area contributed by atoms with Crippen molar-refractivity contribution < 1.29 is 5.11 Å². The Balaban J connectivity index is 1.78. The number of nitrogens with one attached hydrogen (secondary N) is 1. The van der Waals surface area contributed by atoms with Crippen molar-refractivity contribution in [1.29, 1.82) is 0 Å². The molecule has 2 unspecified atom stereocenters. The zero-order chi connectivity index (χ0) is 17.6. The molecule has 0 saturated carbocycles. The second-order valence-electron chi connectivity index (χ2n) is 8.25. The molecule has 1 aliphatic carbocycles. The van der Waals surface area contributed by atoms with Gasteiger partial charge in [0.1, 0.15) is 5.75 Å². The SMILES string of the molecule is CC(C)(C)C1C=C2C(CC1)c1cc(O)ccc1N2Nc1ccccc1. The van der Waals surface area contributed by atoms with E-state index in [-0.39, 0.29) is 5.41 Å². The topological polar surface area (TPSA) is 35.5 Å². The van der Waals surface area contributed by atoms with Gasteiger partial charge in [-0.1, -0.05) is 45.0 Å². The van der Waals surface area contributed by atoms with Crippen LogP contribution in [0, 0.1) is 11.3 Å². The Labute approximate surface area is 150 Å². The summed E-state index contributed by atoms with van der Waals surface area (Å²) in [4.78, 5) is 0. The van der Waals surface area contributed by atoms with Gasteiger partial charge < -0.3 is 5.11 Å². The summed E-state index contributed by atoms with van der Waals surface area (Å²) in [6.07, 6.45) is 4.75. The minimum Gasteiger partial charge on any atom is -0.508 e. The Morgan fingerprint density at radius 3 is 2.52 bits per heavy atom. The number of nitrogens with zero attached hydrogens (tertiary/aromatic N) is 1. The van der Waals surface area contributed by atoms with Crippen LogP contribution >= 0.6 is 0 Å². The lowest BCUT2D eigenvalue weighted by atomic mass is 9.72. The smallest absolute Gasteiger partial charge is 0.116 e. The highest BCUT2D eigenvalue weighted by molar-refractivity contribution is 5.72. The number of aromatic hydroxyl groups is 1. The molecule has 0 amide bonds. The Hall–Kier alpha value is -2.42. The number of phenols is 1. The fraction of sp³-hybridized carbons (Fsp3) is 0.364. The largest absolute Gasteiger partial charge is 0.508 e. The molecule has 2 aromatic rings. The van der Waals surface area contributed by atoms with Crippen LogP contribution in [0.3, 0.4) is 0 Å². The van der Waals surface area contributed by atoms with Crippen molar-refractivity contribution in [3.63, 3.8) is 0 Å². The molecule has 0 bridgehead atoms. The van der Waals surface area contributed by atoms with Gasteiger partial charge in [-0.25, -0.2) is 0 Å². The van der Waals surface area contributed by atoms with Crippen LogP contribution in [0.1, 0.15) is 45.1 Å². The van der Waals surface area contributed by atoms with Crippen LogP contribution in [0.25, 0.3) is 0 Å². The number of fused-ring (bicyclic) bond motifs is 3. The molecule has 3 nitrogen and oxygen atoms in total. The zero-order valence-electron chi connectivity index (χ0n) is 15.2. The molecule has 0 aromatic heterocycles. The molecule has 4 rings (SSSR count). The average molecular weight is 334 g/mol. The number of benzene rings is 2. The summed E-state index contributed by atoms with van der Waals surface area (Å²) in [7, 11) is 0. The minimum atomic E-state index is 0.257. The van der Waals surface area contributed by atoms with Crippen LogP contribution in [0.4, 0.5) is 11.4 Å². The summed E-state index contributed by atoms with van der Waals surface area (Å²) >= 11 is 0. The van der Waals surface area contributed by atoms with Crippen molar-refractivity contribution in [3.05, 3.63) is 65.9 Å². The first-order chi connectivity index (χ1) is 11.9. The monoisotopic (exact) mass is 334 g/mol. The van der Waals surface area contributed by atoms with E-state index in [1.807, 2.05) is 30.3 Å². The molecule has 0 radical (unpaired) electrons. The van der Waals surface area contributed by atoms with Crippen LogP contribution in [0.15, 0.2) is 60.3 Å². The fourth-order valence-electron chi connectivity index (χ4n) is 4.06.